The van der Waals surface area contributed by atoms with Crippen molar-refractivity contribution in [2.75, 3.05) is 5.32 Å². The molecule has 2 nitrogen and oxygen atoms in total. The summed E-state index contributed by atoms with van der Waals surface area (Å²) in [6.07, 6.45) is -4.61. The first kappa shape index (κ1) is 15.3. The highest BCUT2D eigenvalue weighted by Crippen LogP contribution is 2.34. The maximum absolute atomic E-state index is 13.6. The fourth-order valence-electron chi connectivity index (χ4n) is 1.71. The summed E-state index contributed by atoms with van der Waals surface area (Å²) in [6.45, 7) is 0. The fraction of sp³-hybridized carbons (Fsp3) is 0.0714. The number of rotatable bonds is 2. The number of alkyl halides is 3. The summed E-state index contributed by atoms with van der Waals surface area (Å²) in [4.78, 5) is 0. The van der Waals surface area contributed by atoms with Gasteiger partial charge in [0.1, 0.15) is 5.82 Å². The number of benzene rings is 2. The van der Waals surface area contributed by atoms with Gasteiger partial charge in [-0.15, -0.1) is 0 Å². The van der Waals surface area contributed by atoms with Crippen molar-refractivity contribution in [1.29, 1.82) is 5.26 Å². The molecule has 7 heteroatoms. The first-order valence-corrected chi connectivity index (χ1v) is 6.44. The lowest BCUT2D eigenvalue weighted by molar-refractivity contribution is -0.137. The highest BCUT2D eigenvalue weighted by Gasteiger charge is 2.33. The Bertz CT molecular complexity index is 720. The van der Waals surface area contributed by atoms with E-state index in [4.69, 9.17) is 5.26 Å². The van der Waals surface area contributed by atoms with Crippen LogP contribution in [0.4, 0.5) is 28.9 Å². The lowest BCUT2D eigenvalue weighted by atomic mass is 10.1. The molecule has 0 unspecified atom stereocenters. The van der Waals surface area contributed by atoms with Crippen LogP contribution in [0, 0.1) is 17.1 Å². The quantitative estimate of drug-likeness (QED) is 0.746. The van der Waals surface area contributed by atoms with Crippen molar-refractivity contribution in [1.82, 2.24) is 0 Å². The van der Waals surface area contributed by atoms with E-state index in [-0.39, 0.29) is 11.4 Å². The zero-order valence-corrected chi connectivity index (χ0v) is 11.9. The van der Waals surface area contributed by atoms with Gasteiger partial charge in [-0.2, -0.15) is 18.4 Å². The average Bonchev–Trinajstić information content (AvgIpc) is 2.41. The van der Waals surface area contributed by atoms with Crippen LogP contribution in [0.3, 0.4) is 0 Å². The molecule has 0 aromatic heterocycles. The molecule has 2 aromatic carbocycles. The number of hydrogen-bond acceptors (Lipinski definition) is 2. The third-order valence-electron chi connectivity index (χ3n) is 2.65. The van der Waals surface area contributed by atoms with E-state index in [9.17, 15) is 17.6 Å². The summed E-state index contributed by atoms with van der Waals surface area (Å²) in [6, 6.07) is 8.60. The predicted molar refractivity (Wildman–Crippen MR) is 73.5 cm³/mol. The molecule has 0 aliphatic carbocycles. The number of nitrogens with zero attached hydrogens (tertiary/aromatic N) is 1. The van der Waals surface area contributed by atoms with Crippen molar-refractivity contribution >= 4 is 27.3 Å². The molecule has 0 saturated heterocycles. The van der Waals surface area contributed by atoms with Crippen molar-refractivity contribution in [2.45, 2.75) is 6.18 Å². The SMILES string of the molecule is N#Cc1cc(Nc2cc(Br)ccc2F)ccc1C(F)(F)F. The maximum Gasteiger partial charge on any atom is 0.417 e. The molecule has 108 valence electrons. The van der Waals surface area contributed by atoms with Crippen LogP contribution in [0.5, 0.6) is 0 Å². The van der Waals surface area contributed by atoms with Gasteiger partial charge in [0.15, 0.2) is 0 Å². The van der Waals surface area contributed by atoms with Crippen LogP contribution in [-0.2, 0) is 6.18 Å². The molecular weight excluding hydrogens is 352 g/mol. The van der Waals surface area contributed by atoms with Crippen LogP contribution >= 0.6 is 15.9 Å². The van der Waals surface area contributed by atoms with E-state index in [1.807, 2.05) is 0 Å². The minimum absolute atomic E-state index is 0.0908. The van der Waals surface area contributed by atoms with Crippen molar-refractivity contribution in [3.63, 3.8) is 0 Å². The van der Waals surface area contributed by atoms with E-state index in [0.29, 0.717) is 4.47 Å². The summed E-state index contributed by atoms with van der Waals surface area (Å²) in [5.41, 5.74) is -1.27. The molecule has 0 fully saturated rings. The van der Waals surface area contributed by atoms with Crippen LogP contribution in [0.1, 0.15) is 11.1 Å². The molecule has 2 rings (SSSR count). The molecule has 0 heterocycles. The summed E-state index contributed by atoms with van der Waals surface area (Å²) in [7, 11) is 0. The van der Waals surface area contributed by atoms with Gasteiger partial charge >= 0.3 is 6.18 Å². The van der Waals surface area contributed by atoms with Crippen molar-refractivity contribution < 1.29 is 17.6 Å². The molecule has 2 aromatic rings. The number of hydrogen-bond donors (Lipinski definition) is 1. The summed E-state index contributed by atoms with van der Waals surface area (Å²) >= 11 is 3.17. The van der Waals surface area contributed by atoms with Crippen LogP contribution in [0.15, 0.2) is 40.9 Å². The lowest BCUT2D eigenvalue weighted by Gasteiger charge is -2.12. The van der Waals surface area contributed by atoms with Gasteiger partial charge in [0.2, 0.25) is 0 Å². The number of nitrogens with one attached hydrogen (secondary N) is 1. The van der Waals surface area contributed by atoms with Crippen molar-refractivity contribution in [3.8, 4) is 6.07 Å². The monoisotopic (exact) mass is 358 g/mol. The van der Waals surface area contributed by atoms with E-state index >= 15 is 0 Å². The summed E-state index contributed by atoms with van der Waals surface area (Å²) < 4.78 is 52.2. The Morgan fingerprint density at radius 1 is 1.10 bits per heavy atom. The second kappa shape index (κ2) is 5.74. The van der Waals surface area contributed by atoms with Crippen LogP contribution in [0.25, 0.3) is 0 Å². The largest absolute Gasteiger partial charge is 0.417 e. The standard InChI is InChI=1S/C14H7BrF4N2/c15-9-1-4-12(16)13(6-9)21-10-2-3-11(14(17,18)19)8(5-10)7-20/h1-6,21H. The molecule has 0 saturated carbocycles. The minimum Gasteiger partial charge on any atom is -0.353 e. The second-order valence-electron chi connectivity index (χ2n) is 4.12. The van der Waals surface area contributed by atoms with Gasteiger partial charge in [0, 0.05) is 10.2 Å². The van der Waals surface area contributed by atoms with E-state index in [0.717, 1.165) is 18.2 Å². The van der Waals surface area contributed by atoms with Crippen LogP contribution < -0.4 is 5.32 Å². The van der Waals surface area contributed by atoms with Gasteiger partial charge in [-0.3, -0.25) is 0 Å². The van der Waals surface area contributed by atoms with Gasteiger partial charge in [-0.25, -0.2) is 4.39 Å². The highest BCUT2D eigenvalue weighted by atomic mass is 79.9. The molecule has 0 aliphatic heterocycles. The fourth-order valence-corrected chi connectivity index (χ4v) is 2.07. The van der Waals surface area contributed by atoms with Crippen LogP contribution in [-0.4, -0.2) is 0 Å². The van der Waals surface area contributed by atoms with E-state index in [1.54, 1.807) is 0 Å². The number of halogens is 5. The Balaban J connectivity index is 2.39. The van der Waals surface area contributed by atoms with Gasteiger partial charge in [-0.1, -0.05) is 15.9 Å². The summed E-state index contributed by atoms with van der Waals surface area (Å²) in [5, 5.41) is 11.5. The molecule has 0 atom stereocenters. The van der Waals surface area contributed by atoms with Crippen LogP contribution in [0.2, 0.25) is 0 Å². The number of anilines is 2. The first-order valence-electron chi connectivity index (χ1n) is 5.64. The van der Waals surface area contributed by atoms with Gasteiger partial charge in [0.25, 0.3) is 0 Å². The summed E-state index contributed by atoms with van der Waals surface area (Å²) in [5.74, 6) is -0.559. The molecule has 0 spiro atoms. The molecule has 0 bridgehead atoms. The molecule has 21 heavy (non-hydrogen) atoms. The third kappa shape index (κ3) is 3.52. The zero-order valence-electron chi connectivity index (χ0n) is 10.3. The second-order valence-corrected chi connectivity index (χ2v) is 5.03. The Morgan fingerprint density at radius 2 is 1.81 bits per heavy atom. The highest BCUT2D eigenvalue weighted by molar-refractivity contribution is 9.10. The molecule has 0 radical (unpaired) electrons. The van der Waals surface area contributed by atoms with E-state index in [1.165, 1.54) is 24.3 Å². The smallest absolute Gasteiger partial charge is 0.353 e. The molecule has 1 N–H and O–H groups in total. The topological polar surface area (TPSA) is 35.8 Å². The van der Waals surface area contributed by atoms with Gasteiger partial charge in [-0.05, 0) is 36.4 Å². The first-order chi connectivity index (χ1) is 9.81. The lowest BCUT2D eigenvalue weighted by Crippen LogP contribution is -2.08. The molecular formula is C14H7BrF4N2. The predicted octanol–water partition coefficient (Wildman–Crippen LogP) is 5.22. The Labute approximate surface area is 126 Å². The maximum atomic E-state index is 13.6. The third-order valence-corrected chi connectivity index (χ3v) is 3.15. The van der Waals surface area contributed by atoms with E-state index < -0.39 is 23.1 Å². The Morgan fingerprint density at radius 3 is 2.43 bits per heavy atom. The minimum atomic E-state index is -4.61. The van der Waals surface area contributed by atoms with Crippen molar-refractivity contribution in [3.05, 3.63) is 57.8 Å². The molecule has 0 aliphatic rings. The molecule has 0 amide bonds. The Hall–Kier alpha value is -2.07. The van der Waals surface area contributed by atoms with Gasteiger partial charge in [0.05, 0.1) is 22.9 Å². The average molecular weight is 359 g/mol. The van der Waals surface area contributed by atoms with Crippen molar-refractivity contribution in [2.24, 2.45) is 0 Å². The normalized spacial score (nSPS) is 11.0. The Kier molecular flexibility index (Phi) is 4.19. The van der Waals surface area contributed by atoms with Gasteiger partial charge < -0.3 is 5.32 Å². The van der Waals surface area contributed by atoms with E-state index in [2.05, 4.69) is 21.2 Å². The number of nitriles is 1. The zero-order chi connectivity index (χ0) is 15.6.